The van der Waals surface area contributed by atoms with E-state index in [4.69, 9.17) is 4.74 Å². The van der Waals surface area contributed by atoms with Gasteiger partial charge in [-0.05, 0) is 18.6 Å². The molecular weight excluding hydrogens is 320 g/mol. The lowest BCUT2D eigenvalue weighted by Gasteiger charge is -2.27. The Labute approximate surface area is 133 Å². The van der Waals surface area contributed by atoms with Crippen molar-refractivity contribution in [3.8, 4) is 5.75 Å². The summed E-state index contributed by atoms with van der Waals surface area (Å²) >= 11 is 0. The lowest BCUT2D eigenvalue weighted by Crippen LogP contribution is -2.42. The number of carbonyl (C=O) groups is 2. The normalized spacial score (nSPS) is 23.5. The van der Waals surface area contributed by atoms with Gasteiger partial charge in [-0.25, -0.2) is 18.2 Å². The number of carbonyl (C=O) groups excluding carboxylic acids is 2. The first kappa shape index (κ1) is 15.7. The average Bonchev–Trinajstić information content (AvgIpc) is 2.88. The summed E-state index contributed by atoms with van der Waals surface area (Å²) < 4.78 is 28.4. The van der Waals surface area contributed by atoms with Crippen LogP contribution in [0.3, 0.4) is 0 Å². The van der Waals surface area contributed by atoms with Gasteiger partial charge < -0.3 is 4.74 Å². The molecule has 1 atom stereocenters. The van der Waals surface area contributed by atoms with Crippen LogP contribution in [0.25, 0.3) is 0 Å². The number of nitrogens with zero attached hydrogens (tertiary/aromatic N) is 2. The zero-order chi connectivity index (χ0) is 16.4. The Morgan fingerprint density at radius 2 is 1.96 bits per heavy atom. The molecule has 1 aromatic rings. The highest BCUT2D eigenvalue weighted by molar-refractivity contribution is 7.91. The van der Waals surface area contributed by atoms with Crippen molar-refractivity contribution in [1.82, 2.24) is 5.01 Å². The van der Waals surface area contributed by atoms with Gasteiger partial charge in [0.2, 0.25) is 5.91 Å². The molecule has 0 spiro atoms. The second-order valence-electron chi connectivity index (χ2n) is 5.54. The number of hydrogen-bond acceptors (Lipinski definition) is 6. The highest BCUT2D eigenvalue weighted by Gasteiger charge is 2.37. The fraction of sp³-hybridized carbons (Fsp3) is 0.400. The van der Waals surface area contributed by atoms with Crippen molar-refractivity contribution in [1.29, 1.82) is 0 Å². The number of para-hydroxylation sites is 1. The van der Waals surface area contributed by atoms with E-state index in [9.17, 15) is 18.0 Å². The van der Waals surface area contributed by atoms with Gasteiger partial charge in [0.05, 0.1) is 17.5 Å². The van der Waals surface area contributed by atoms with E-state index in [0.717, 1.165) is 5.01 Å². The SMILES string of the molecule is O=C(Oc1ccccc1)C1=NN([C@H]2CCS(=O)(=O)C2)C(=O)CC1. The van der Waals surface area contributed by atoms with Gasteiger partial charge in [0.1, 0.15) is 11.5 Å². The second kappa shape index (κ2) is 6.11. The van der Waals surface area contributed by atoms with E-state index in [-0.39, 0.29) is 36.0 Å². The zero-order valence-corrected chi connectivity index (χ0v) is 13.2. The minimum absolute atomic E-state index is 0.0424. The van der Waals surface area contributed by atoms with Gasteiger partial charge in [-0.1, -0.05) is 18.2 Å². The lowest BCUT2D eigenvalue weighted by molar-refractivity contribution is -0.134. The molecule has 1 amide bonds. The molecule has 3 rings (SSSR count). The van der Waals surface area contributed by atoms with Crippen LogP contribution in [-0.2, 0) is 19.4 Å². The zero-order valence-electron chi connectivity index (χ0n) is 12.3. The highest BCUT2D eigenvalue weighted by Crippen LogP contribution is 2.22. The van der Waals surface area contributed by atoms with Gasteiger partial charge in [0, 0.05) is 12.8 Å². The Balaban J connectivity index is 1.76. The average molecular weight is 336 g/mol. The Bertz CT molecular complexity index is 757. The molecule has 8 heteroatoms. The monoisotopic (exact) mass is 336 g/mol. The maximum Gasteiger partial charge on any atom is 0.359 e. The van der Waals surface area contributed by atoms with Gasteiger partial charge in [0.15, 0.2) is 9.84 Å². The summed E-state index contributed by atoms with van der Waals surface area (Å²) in [5.41, 5.74) is 0.137. The highest BCUT2D eigenvalue weighted by atomic mass is 32.2. The molecule has 2 aliphatic rings. The van der Waals surface area contributed by atoms with Crippen LogP contribution in [0.4, 0.5) is 0 Å². The van der Waals surface area contributed by atoms with Crippen molar-refractivity contribution in [3.63, 3.8) is 0 Å². The molecule has 1 saturated heterocycles. The lowest BCUT2D eigenvalue weighted by atomic mass is 10.1. The number of benzene rings is 1. The van der Waals surface area contributed by atoms with Gasteiger partial charge in [-0.2, -0.15) is 5.10 Å². The molecule has 2 heterocycles. The maximum atomic E-state index is 12.2. The third-order valence-corrected chi connectivity index (χ3v) is 5.55. The Morgan fingerprint density at radius 1 is 1.22 bits per heavy atom. The van der Waals surface area contributed by atoms with Crippen LogP contribution in [0.2, 0.25) is 0 Å². The van der Waals surface area contributed by atoms with Gasteiger partial charge in [-0.15, -0.1) is 0 Å². The summed E-state index contributed by atoms with van der Waals surface area (Å²) in [7, 11) is -3.13. The van der Waals surface area contributed by atoms with E-state index < -0.39 is 21.8 Å². The van der Waals surface area contributed by atoms with Crippen molar-refractivity contribution in [2.45, 2.75) is 25.3 Å². The molecule has 0 saturated carbocycles. The Kier molecular flexibility index (Phi) is 4.16. The smallest absolute Gasteiger partial charge is 0.359 e. The molecule has 0 aliphatic carbocycles. The number of hydrogen-bond donors (Lipinski definition) is 0. The van der Waals surface area contributed by atoms with Crippen LogP contribution < -0.4 is 4.74 Å². The van der Waals surface area contributed by atoms with E-state index in [2.05, 4.69) is 5.10 Å². The summed E-state index contributed by atoms with van der Waals surface area (Å²) in [6.07, 6.45) is 0.665. The molecule has 23 heavy (non-hydrogen) atoms. The predicted octanol–water partition coefficient (Wildman–Crippen LogP) is 0.757. The van der Waals surface area contributed by atoms with Gasteiger partial charge in [0.25, 0.3) is 0 Å². The van der Waals surface area contributed by atoms with Crippen LogP contribution in [-0.4, -0.2) is 48.6 Å². The summed E-state index contributed by atoms with van der Waals surface area (Å²) in [6.45, 7) is 0. The minimum Gasteiger partial charge on any atom is -0.422 e. The van der Waals surface area contributed by atoms with E-state index in [1.54, 1.807) is 30.3 Å². The standard InChI is InChI=1S/C15H16N2O5S/c18-14-7-6-13(15(19)22-12-4-2-1-3-5-12)16-17(14)11-8-9-23(20,21)10-11/h1-5,11H,6-10H2/t11-/m0/s1. The van der Waals surface area contributed by atoms with E-state index >= 15 is 0 Å². The van der Waals surface area contributed by atoms with Crippen LogP contribution in [0.5, 0.6) is 5.75 Å². The van der Waals surface area contributed by atoms with Crippen molar-refractivity contribution in [2.75, 3.05) is 11.5 Å². The Morgan fingerprint density at radius 3 is 2.61 bits per heavy atom. The largest absolute Gasteiger partial charge is 0.422 e. The molecule has 0 N–H and O–H groups in total. The third kappa shape index (κ3) is 3.58. The van der Waals surface area contributed by atoms with E-state index in [1.165, 1.54) is 0 Å². The van der Waals surface area contributed by atoms with Crippen LogP contribution >= 0.6 is 0 Å². The first-order valence-corrected chi connectivity index (χ1v) is 9.14. The second-order valence-corrected chi connectivity index (χ2v) is 7.77. The molecule has 1 aromatic carbocycles. The third-order valence-electron chi connectivity index (χ3n) is 3.80. The summed E-state index contributed by atoms with van der Waals surface area (Å²) in [4.78, 5) is 24.1. The van der Waals surface area contributed by atoms with Crippen molar-refractivity contribution >= 4 is 27.4 Å². The fourth-order valence-electron chi connectivity index (χ4n) is 2.63. The van der Waals surface area contributed by atoms with Crippen molar-refractivity contribution < 1.29 is 22.7 Å². The number of hydrazone groups is 1. The predicted molar refractivity (Wildman–Crippen MR) is 82.7 cm³/mol. The Hall–Kier alpha value is -2.22. The molecule has 0 aromatic heterocycles. The van der Waals surface area contributed by atoms with Crippen molar-refractivity contribution in [2.24, 2.45) is 5.10 Å². The number of rotatable bonds is 3. The quantitative estimate of drug-likeness (QED) is 0.600. The van der Waals surface area contributed by atoms with Gasteiger partial charge in [-0.3, -0.25) is 4.79 Å². The maximum absolute atomic E-state index is 12.2. The van der Waals surface area contributed by atoms with Gasteiger partial charge >= 0.3 is 5.97 Å². The molecule has 2 aliphatic heterocycles. The number of sulfone groups is 1. The van der Waals surface area contributed by atoms with E-state index in [0.29, 0.717) is 12.2 Å². The first-order chi connectivity index (χ1) is 10.9. The molecule has 0 bridgehead atoms. The molecule has 1 fully saturated rings. The molecule has 0 radical (unpaired) electrons. The topological polar surface area (TPSA) is 93.1 Å². The minimum atomic E-state index is -3.13. The molecule has 122 valence electrons. The molecule has 7 nitrogen and oxygen atoms in total. The van der Waals surface area contributed by atoms with Crippen LogP contribution in [0.1, 0.15) is 19.3 Å². The summed E-state index contributed by atoms with van der Waals surface area (Å²) in [5.74, 6) is -0.547. The number of esters is 1. The number of amides is 1. The summed E-state index contributed by atoms with van der Waals surface area (Å²) in [5, 5.41) is 5.22. The summed E-state index contributed by atoms with van der Waals surface area (Å²) in [6, 6.07) is 8.08. The van der Waals surface area contributed by atoms with Crippen molar-refractivity contribution in [3.05, 3.63) is 30.3 Å². The first-order valence-electron chi connectivity index (χ1n) is 7.32. The fourth-order valence-corrected chi connectivity index (χ4v) is 4.32. The van der Waals surface area contributed by atoms with E-state index in [1.807, 2.05) is 0 Å². The molecular formula is C15H16N2O5S. The number of ether oxygens (including phenoxy) is 1. The van der Waals surface area contributed by atoms with Crippen LogP contribution in [0, 0.1) is 0 Å². The van der Waals surface area contributed by atoms with Crippen LogP contribution in [0.15, 0.2) is 35.4 Å². The molecule has 0 unspecified atom stereocenters.